The van der Waals surface area contributed by atoms with Gasteiger partial charge in [0.25, 0.3) is 0 Å². The first-order valence-electron chi connectivity index (χ1n) is 9.21. The number of likely N-dealkylation sites (tertiary alicyclic amines) is 1. The molecule has 26 heavy (non-hydrogen) atoms. The Bertz CT molecular complexity index is 686. The van der Waals surface area contributed by atoms with Crippen LogP contribution in [0.1, 0.15) is 44.1 Å². The Labute approximate surface area is 159 Å². The highest BCUT2D eigenvalue weighted by atomic mass is 35.5. The van der Waals surface area contributed by atoms with Gasteiger partial charge in [-0.05, 0) is 37.0 Å². The van der Waals surface area contributed by atoms with Crippen LogP contribution in [0.3, 0.4) is 0 Å². The summed E-state index contributed by atoms with van der Waals surface area (Å²) in [7, 11) is 1.50. The lowest BCUT2D eigenvalue weighted by Crippen LogP contribution is -2.49. The number of amides is 1. The van der Waals surface area contributed by atoms with Gasteiger partial charge in [0.05, 0.1) is 12.0 Å². The van der Waals surface area contributed by atoms with E-state index in [9.17, 15) is 14.7 Å². The third kappa shape index (κ3) is 3.35. The molecule has 1 heterocycles. The lowest BCUT2D eigenvalue weighted by molar-refractivity contribution is -0.152. The molecular formula is C20H26ClNO4. The molecule has 1 amide bonds. The number of hydrogen-bond donors (Lipinski definition) is 1. The Morgan fingerprint density at radius 3 is 2.58 bits per heavy atom. The van der Waals surface area contributed by atoms with Gasteiger partial charge in [-0.3, -0.25) is 9.59 Å². The van der Waals surface area contributed by atoms with Crippen molar-refractivity contribution in [1.82, 2.24) is 4.90 Å². The fourth-order valence-electron chi connectivity index (χ4n) is 4.55. The first-order valence-corrected chi connectivity index (χ1v) is 9.59. The molecule has 0 aromatic heterocycles. The number of carboxylic acid groups (broad SMARTS) is 1. The minimum absolute atomic E-state index is 0.0405. The van der Waals surface area contributed by atoms with E-state index in [2.05, 4.69) is 0 Å². The number of methoxy groups -OCH3 is 1. The average molecular weight is 380 g/mol. The molecule has 5 nitrogen and oxygen atoms in total. The summed E-state index contributed by atoms with van der Waals surface area (Å²) in [5.41, 5.74) is -0.645. The number of rotatable bonds is 5. The number of halogens is 1. The highest BCUT2D eigenvalue weighted by Crippen LogP contribution is 2.43. The molecule has 0 radical (unpaired) electrons. The Morgan fingerprint density at radius 2 is 1.96 bits per heavy atom. The quantitative estimate of drug-likeness (QED) is 0.850. The summed E-state index contributed by atoms with van der Waals surface area (Å²) in [6.07, 6.45) is 5.11. The highest BCUT2D eigenvalue weighted by Gasteiger charge is 2.51. The van der Waals surface area contributed by atoms with Crippen LogP contribution in [-0.4, -0.2) is 48.7 Å². The number of nitrogens with zero attached hydrogens (tertiary/aromatic N) is 1. The Balaban J connectivity index is 1.91. The molecule has 3 rings (SSSR count). The van der Waals surface area contributed by atoms with Crippen LogP contribution in [0.25, 0.3) is 0 Å². The molecule has 1 aliphatic heterocycles. The first kappa shape index (κ1) is 19.2. The summed E-state index contributed by atoms with van der Waals surface area (Å²) in [4.78, 5) is 27.2. The van der Waals surface area contributed by atoms with E-state index >= 15 is 0 Å². The minimum Gasteiger partial charge on any atom is -0.481 e. The lowest BCUT2D eigenvalue weighted by atomic mass is 9.68. The van der Waals surface area contributed by atoms with Crippen LogP contribution in [0.4, 0.5) is 0 Å². The second-order valence-corrected chi connectivity index (χ2v) is 8.08. The molecule has 1 unspecified atom stereocenters. The maximum atomic E-state index is 13.6. The Hall–Kier alpha value is -1.59. The molecule has 1 N–H and O–H groups in total. The molecule has 0 spiro atoms. The van der Waals surface area contributed by atoms with Crippen molar-refractivity contribution in [3.05, 3.63) is 34.9 Å². The molecule has 1 aromatic carbocycles. The van der Waals surface area contributed by atoms with E-state index in [1.54, 1.807) is 4.90 Å². The van der Waals surface area contributed by atoms with E-state index < -0.39 is 16.8 Å². The van der Waals surface area contributed by atoms with Gasteiger partial charge in [0, 0.05) is 25.2 Å². The van der Waals surface area contributed by atoms with Gasteiger partial charge in [-0.15, -0.1) is 0 Å². The van der Waals surface area contributed by atoms with Crippen molar-refractivity contribution in [3.63, 3.8) is 0 Å². The van der Waals surface area contributed by atoms with E-state index in [4.69, 9.17) is 16.3 Å². The van der Waals surface area contributed by atoms with Crippen LogP contribution in [0.2, 0.25) is 5.02 Å². The van der Waals surface area contributed by atoms with Gasteiger partial charge in [0.1, 0.15) is 5.41 Å². The average Bonchev–Trinajstić information content (AvgIpc) is 3.07. The van der Waals surface area contributed by atoms with Crippen molar-refractivity contribution in [3.8, 4) is 0 Å². The summed E-state index contributed by atoms with van der Waals surface area (Å²) in [6, 6.07) is 7.57. The molecule has 1 saturated heterocycles. The summed E-state index contributed by atoms with van der Waals surface area (Å²) in [5.74, 6) is -0.853. The highest BCUT2D eigenvalue weighted by molar-refractivity contribution is 6.30. The number of carbonyl (C=O) groups excluding carboxylic acids is 1. The number of hydrogen-bond acceptors (Lipinski definition) is 3. The maximum absolute atomic E-state index is 13.6. The number of carboxylic acids is 1. The standard InChI is InChI=1S/C20H26ClNO4/c1-26-14-19(18(24)25)10-11-22(13-19)17(23)20(8-3-2-4-9-20)15-6-5-7-16(21)12-15/h5-7,12H,2-4,8-11,13-14H2,1H3,(H,24,25). The fraction of sp³-hybridized carbons (Fsp3) is 0.600. The van der Waals surface area contributed by atoms with Crippen LogP contribution < -0.4 is 0 Å². The molecule has 6 heteroatoms. The number of ether oxygens (including phenoxy) is 1. The van der Waals surface area contributed by atoms with Crippen LogP contribution >= 0.6 is 11.6 Å². The van der Waals surface area contributed by atoms with Crippen molar-refractivity contribution in [1.29, 1.82) is 0 Å². The second-order valence-electron chi connectivity index (χ2n) is 7.65. The van der Waals surface area contributed by atoms with E-state index in [1.165, 1.54) is 7.11 Å². The SMILES string of the molecule is COCC1(C(=O)O)CCN(C(=O)C2(c3cccc(Cl)c3)CCCCC2)C1. The largest absolute Gasteiger partial charge is 0.481 e. The minimum atomic E-state index is -1.01. The van der Waals surface area contributed by atoms with Crippen molar-refractivity contribution >= 4 is 23.5 Å². The number of carbonyl (C=O) groups is 2. The maximum Gasteiger partial charge on any atom is 0.313 e. The molecule has 1 saturated carbocycles. The third-order valence-electron chi connectivity index (χ3n) is 6.01. The molecule has 1 aliphatic carbocycles. The van der Waals surface area contributed by atoms with E-state index in [0.29, 0.717) is 18.0 Å². The summed E-state index contributed by atoms with van der Waals surface area (Å²) in [6.45, 7) is 0.782. The zero-order valence-electron chi connectivity index (χ0n) is 15.2. The predicted molar refractivity (Wildman–Crippen MR) is 99.4 cm³/mol. The van der Waals surface area contributed by atoms with Gasteiger partial charge in [0.2, 0.25) is 5.91 Å². The molecule has 0 bridgehead atoms. The zero-order valence-corrected chi connectivity index (χ0v) is 15.9. The normalized spacial score (nSPS) is 25.2. The number of aliphatic carboxylic acids is 1. The van der Waals surface area contributed by atoms with Crippen LogP contribution in [0, 0.1) is 5.41 Å². The topological polar surface area (TPSA) is 66.8 Å². The van der Waals surface area contributed by atoms with Crippen molar-refractivity contribution < 1.29 is 19.4 Å². The van der Waals surface area contributed by atoms with Gasteiger partial charge in [0.15, 0.2) is 0 Å². The smallest absolute Gasteiger partial charge is 0.313 e. The van der Waals surface area contributed by atoms with Crippen molar-refractivity contribution in [2.45, 2.75) is 43.9 Å². The third-order valence-corrected chi connectivity index (χ3v) is 6.24. The second kappa shape index (κ2) is 7.57. The van der Waals surface area contributed by atoms with Crippen LogP contribution in [0.5, 0.6) is 0 Å². The van der Waals surface area contributed by atoms with Gasteiger partial charge in [-0.2, -0.15) is 0 Å². The molecule has 142 valence electrons. The van der Waals surface area contributed by atoms with Gasteiger partial charge < -0.3 is 14.7 Å². The molecule has 1 aromatic rings. The Kier molecular flexibility index (Phi) is 5.58. The lowest BCUT2D eigenvalue weighted by Gasteiger charge is -2.39. The monoisotopic (exact) mass is 379 g/mol. The molecule has 2 fully saturated rings. The van der Waals surface area contributed by atoms with Crippen molar-refractivity contribution in [2.24, 2.45) is 5.41 Å². The number of benzene rings is 1. The summed E-state index contributed by atoms with van der Waals surface area (Å²) >= 11 is 6.20. The van der Waals surface area contributed by atoms with Crippen LogP contribution in [-0.2, 0) is 19.7 Å². The first-order chi connectivity index (χ1) is 12.4. The van der Waals surface area contributed by atoms with Crippen molar-refractivity contribution in [2.75, 3.05) is 26.8 Å². The van der Waals surface area contributed by atoms with E-state index in [0.717, 1.165) is 37.7 Å². The fourth-order valence-corrected chi connectivity index (χ4v) is 4.74. The zero-order chi connectivity index (χ0) is 18.8. The molecule has 2 aliphatic rings. The Morgan fingerprint density at radius 1 is 1.23 bits per heavy atom. The van der Waals surface area contributed by atoms with Crippen LogP contribution in [0.15, 0.2) is 24.3 Å². The van der Waals surface area contributed by atoms with E-state index in [-0.39, 0.29) is 19.1 Å². The molecule has 1 atom stereocenters. The summed E-state index contributed by atoms with van der Waals surface area (Å²) < 4.78 is 5.15. The predicted octanol–water partition coefficient (Wildman–Crippen LogP) is 3.49. The van der Waals surface area contributed by atoms with Gasteiger partial charge in [-0.25, -0.2) is 0 Å². The van der Waals surface area contributed by atoms with E-state index in [1.807, 2.05) is 24.3 Å². The van der Waals surface area contributed by atoms with Gasteiger partial charge in [-0.1, -0.05) is 43.0 Å². The summed E-state index contributed by atoms with van der Waals surface area (Å²) in [5, 5.41) is 10.3. The van der Waals surface area contributed by atoms with Gasteiger partial charge >= 0.3 is 5.97 Å². The molecular weight excluding hydrogens is 354 g/mol.